The molecule has 20 heavy (non-hydrogen) atoms. The zero-order chi connectivity index (χ0) is 14.5. The van der Waals surface area contributed by atoms with E-state index in [9.17, 15) is 5.11 Å². The van der Waals surface area contributed by atoms with Crippen molar-refractivity contribution in [1.29, 1.82) is 0 Å². The van der Waals surface area contributed by atoms with E-state index in [2.05, 4.69) is 48.2 Å². The van der Waals surface area contributed by atoms with E-state index in [1.165, 1.54) is 17.7 Å². The molecule has 1 aliphatic heterocycles. The van der Waals surface area contributed by atoms with Crippen molar-refractivity contribution in [1.82, 2.24) is 4.90 Å². The van der Waals surface area contributed by atoms with Crippen LogP contribution in [0.25, 0.3) is 0 Å². The van der Waals surface area contributed by atoms with Crippen LogP contribution in [0.5, 0.6) is 0 Å². The number of ether oxygens (including phenoxy) is 1. The summed E-state index contributed by atoms with van der Waals surface area (Å²) in [6.45, 7) is 2.14. The Hall–Kier alpha value is -1.10. The molecule has 1 aromatic carbocycles. The van der Waals surface area contributed by atoms with Gasteiger partial charge in [-0.05, 0) is 37.1 Å². The topological polar surface area (TPSA) is 35.9 Å². The first-order chi connectivity index (χ1) is 9.61. The molecule has 0 amide bonds. The molecule has 1 N–H and O–H groups in total. The highest BCUT2D eigenvalue weighted by molar-refractivity contribution is 5.48. The van der Waals surface area contributed by atoms with Crippen LogP contribution in [0.2, 0.25) is 0 Å². The van der Waals surface area contributed by atoms with Gasteiger partial charge in [0.1, 0.15) is 0 Å². The van der Waals surface area contributed by atoms with Gasteiger partial charge in [0.05, 0.1) is 12.7 Å². The Balaban J connectivity index is 2.08. The van der Waals surface area contributed by atoms with Crippen LogP contribution >= 0.6 is 0 Å². The van der Waals surface area contributed by atoms with Crippen molar-refractivity contribution >= 4 is 5.69 Å². The van der Waals surface area contributed by atoms with Gasteiger partial charge in [-0.2, -0.15) is 0 Å². The first-order valence-electron chi connectivity index (χ1n) is 7.30. The Morgan fingerprint density at radius 2 is 2.25 bits per heavy atom. The van der Waals surface area contributed by atoms with Crippen LogP contribution in [-0.4, -0.2) is 57.0 Å². The maximum Gasteiger partial charge on any atom is 0.0900 e. The Morgan fingerprint density at radius 1 is 1.45 bits per heavy atom. The van der Waals surface area contributed by atoms with Gasteiger partial charge in [0.25, 0.3) is 0 Å². The molecular formula is C16H26N2O2. The second-order valence-corrected chi connectivity index (χ2v) is 5.75. The lowest BCUT2D eigenvalue weighted by Crippen LogP contribution is -2.34. The molecule has 4 heteroatoms. The summed E-state index contributed by atoms with van der Waals surface area (Å²) < 4.78 is 5.02. The summed E-state index contributed by atoms with van der Waals surface area (Å²) in [6.07, 6.45) is 1.95. The molecule has 4 nitrogen and oxygen atoms in total. The molecule has 1 heterocycles. The minimum absolute atomic E-state index is 0.404. The highest BCUT2D eigenvalue weighted by atomic mass is 16.5. The number of hydrogen-bond donors (Lipinski definition) is 1. The molecular weight excluding hydrogens is 252 g/mol. The lowest BCUT2D eigenvalue weighted by atomic mass is 10.0. The van der Waals surface area contributed by atoms with Crippen molar-refractivity contribution in [3.05, 3.63) is 29.8 Å². The molecule has 0 unspecified atom stereocenters. The van der Waals surface area contributed by atoms with E-state index >= 15 is 0 Å². The Bertz CT molecular complexity index is 423. The molecule has 0 saturated carbocycles. The van der Waals surface area contributed by atoms with Crippen molar-refractivity contribution in [2.75, 3.05) is 45.8 Å². The van der Waals surface area contributed by atoms with Gasteiger partial charge in [-0.1, -0.05) is 12.1 Å². The van der Waals surface area contributed by atoms with E-state index in [1.807, 2.05) is 0 Å². The molecule has 1 saturated heterocycles. The van der Waals surface area contributed by atoms with Crippen LogP contribution in [0, 0.1) is 0 Å². The molecule has 0 radical (unpaired) electrons. The zero-order valence-electron chi connectivity index (χ0n) is 12.7. The minimum atomic E-state index is -0.405. The standard InChI is InChI=1S/C16H26N2O2/c1-17(2)14-7-4-6-13(10-14)16-8-5-9-18(16)11-15(19)12-20-3/h4,6-7,10,15-16,19H,5,8-9,11-12H2,1-3H3/t15-,16+/m0/s1. The average Bonchev–Trinajstić information content (AvgIpc) is 2.87. The van der Waals surface area contributed by atoms with E-state index in [0.29, 0.717) is 19.2 Å². The van der Waals surface area contributed by atoms with Crippen molar-refractivity contribution in [3.8, 4) is 0 Å². The molecule has 2 rings (SSSR count). The number of β-amino-alcohol motifs (C(OH)–C–C–N with tert-alkyl or cyclic N) is 1. The highest BCUT2D eigenvalue weighted by Gasteiger charge is 2.27. The Kier molecular flexibility index (Phi) is 5.40. The van der Waals surface area contributed by atoms with Crippen molar-refractivity contribution < 1.29 is 9.84 Å². The van der Waals surface area contributed by atoms with Gasteiger partial charge in [-0.25, -0.2) is 0 Å². The van der Waals surface area contributed by atoms with Gasteiger partial charge in [-0.15, -0.1) is 0 Å². The average molecular weight is 278 g/mol. The van der Waals surface area contributed by atoms with E-state index < -0.39 is 6.10 Å². The molecule has 0 aromatic heterocycles. The quantitative estimate of drug-likeness (QED) is 0.862. The minimum Gasteiger partial charge on any atom is -0.389 e. The van der Waals surface area contributed by atoms with Crippen molar-refractivity contribution in [2.45, 2.75) is 25.0 Å². The predicted octanol–water partition coefficient (Wildman–Crippen LogP) is 1.90. The third-order valence-corrected chi connectivity index (χ3v) is 3.94. The largest absolute Gasteiger partial charge is 0.389 e. The van der Waals surface area contributed by atoms with Crippen LogP contribution in [0.15, 0.2) is 24.3 Å². The number of hydrogen-bond acceptors (Lipinski definition) is 4. The van der Waals surface area contributed by atoms with Gasteiger partial charge >= 0.3 is 0 Å². The summed E-state index contributed by atoms with van der Waals surface area (Å²) in [5.74, 6) is 0. The number of methoxy groups -OCH3 is 1. The van der Waals surface area contributed by atoms with Gasteiger partial charge in [0, 0.05) is 39.5 Å². The van der Waals surface area contributed by atoms with Crippen LogP contribution in [-0.2, 0) is 4.74 Å². The predicted molar refractivity (Wildman–Crippen MR) is 82.2 cm³/mol. The number of nitrogens with zero attached hydrogens (tertiary/aromatic N) is 2. The number of aliphatic hydroxyl groups excluding tert-OH is 1. The summed E-state index contributed by atoms with van der Waals surface area (Å²) in [6, 6.07) is 9.11. The van der Waals surface area contributed by atoms with E-state index in [4.69, 9.17) is 4.74 Å². The molecule has 2 atom stereocenters. The molecule has 0 bridgehead atoms. The summed E-state index contributed by atoms with van der Waals surface area (Å²) in [4.78, 5) is 4.50. The molecule has 1 aliphatic rings. The number of benzene rings is 1. The fourth-order valence-corrected chi connectivity index (χ4v) is 2.95. The molecule has 1 aromatic rings. The highest BCUT2D eigenvalue weighted by Crippen LogP contribution is 2.33. The fraction of sp³-hybridized carbons (Fsp3) is 0.625. The van der Waals surface area contributed by atoms with E-state index in [-0.39, 0.29) is 0 Å². The van der Waals surface area contributed by atoms with E-state index in [1.54, 1.807) is 7.11 Å². The second-order valence-electron chi connectivity index (χ2n) is 5.75. The molecule has 112 valence electrons. The SMILES string of the molecule is COC[C@@H](O)CN1CCC[C@@H]1c1cccc(N(C)C)c1. The molecule has 1 fully saturated rings. The van der Waals surface area contributed by atoms with Gasteiger partial charge in [-0.3, -0.25) is 4.90 Å². The van der Waals surface area contributed by atoms with Crippen molar-refractivity contribution in [2.24, 2.45) is 0 Å². The number of likely N-dealkylation sites (tertiary alicyclic amines) is 1. The number of aliphatic hydroxyl groups is 1. The van der Waals surface area contributed by atoms with E-state index in [0.717, 1.165) is 13.0 Å². The van der Waals surface area contributed by atoms with Crippen LogP contribution in [0.1, 0.15) is 24.4 Å². The third kappa shape index (κ3) is 3.72. The summed E-state index contributed by atoms with van der Waals surface area (Å²) in [5.41, 5.74) is 2.57. The summed E-state index contributed by atoms with van der Waals surface area (Å²) in [7, 11) is 5.76. The first-order valence-corrected chi connectivity index (χ1v) is 7.30. The van der Waals surface area contributed by atoms with Gasteiger partial charge in [0.15, 0.2) is 0 Å². The zero-order valence-corrected chi connectivity index (χ0v) is 12.7. The Labute approximate surface area is 122 Å². The lowest BCUT2D eigenvalue weighted by molar-refractivity contribution is 0.0346. The smallest absolute Gasteiger partial charge is 0.0900 e. The Morgan fingerprint density at radius 3 is 2.95 bits per heavy atom. The normalized spacial score (nSPS) is 21.1. The van der Waals surface area contributed by atoms with Crippen LogP contribution < -0.4 is 4.90 Å². The summed E-state index contributed by atoms with van der Waals surface area (Å²) in [5, 5.41) is 9.94. The monoisotopic (exact) mass is 278 g/mol. The molecule has 0 aliphatic carbocycles. The lowest BCUT2D eigenvalue weighted by Gasteiger charge is -2.27. The maximum absolute atomic E-state index is 9.94. The number of rotatable bonds is 6. The van der Waals surface area contributed by atoms with Gasteiger partial charge < -0.3 is 14.7 Å². The summed E-state index contributed by atoms with van der Waals surface area (Å²) >= 11 is 0. The maximum atomic E-state index is 9.94. The first kappa shape index (κ1) is 15.3. The van der Waals surface area contributed by atoms with Crippen LogP contribution in [0.4, 0.5) is 5.69 Å². The molecule has 0 spiro atoms. The van der Waals surface area contributed by atoms with Gasteiger partial charge in [0.2, 0.25) is 0 Å². The second kappa shape index (κ2) is 7.07. The number of anilines is 1. The third-order valence-electron chi connectivity index (χ3n) is 3.94. The van der Waals surface area contributed by atoms with Crippen LogP contribution in [0.3, 0.4) is 0 Å². The fourth-order valence-electron chi connectivity index (χ4n) is 2.95. The van der Waals surface area contributed by atoms with Crippen molar-refractivity contribution in [3.63, 3.8) is 0 Å².